The molecule has 0 rings (SSSR count). The molecule has 0 spiro atoms. The van der Waals surface area contributed by atoms with Gasteiger partial charge in [-0.2, -0.15) is 0 Å². The highest BCUT2D eigenvalue weighted by molar-refractivity contribution is 5.71. The number of carbonyl (C=O) groups excluding carboxylic acids is 3. The first kappa shape index (κ1) is 64.3. The summed E-state index contributed by atoms with van der Waals surface area (Å²) < 4.78 is 16.8. The summed E-state index contributed by atoms with van der Waals surface area (Å²) in [7, 11) is 0. The van der Waals surface area contributed by atoms with Crippen LogP contribution in [0.25, 0.3) is 0 Å². The number of hydrogen-bond donors (Lipinski definition) is 0. The zero-order chi connectivity index (χ0) is 49.3. The molecule has 0 aliphatic heterocycles. The Hall–Kier alpha value is -3.67. The van der Waals surface area contributed by atoms with Crippen molar-refractivity contribution in [3.63, 3.8) is 0 Å². The van der Waals surface area contributed by atoms with E-state index in [2.05, 4.69) is 99.8 Å². The van der Waals surface area contributed by atoms with Gasteiger partial charge >= 0.3 is 17.9 Å². The van der Waals surface area contributed by atoms with Crippen LogP contribution in [0.1, 0.15) is 258 Å². The van der Waals surface area contributed by atoms with E-state index in [1.54, 1.807) is 0 Å². The third-order valence-electron chi connectivity index (χ3n) is 11.9. The highest BCUT2D eigenvalue weighted by Crippen LogP contribution is 2.14. The predicted octanol–water partition coefficient (Wildman–Crippen LogP) is 18.9. The zero-order valence-corrected chi connectivity index (χ0v) is 44.3. The molecule has 0 aliphatic carbocycles. The molecule has 0 N–H and O–H groups in total. The summed E-state index contributed by atoms with van der Waals surface area (Å²) in [6.45, 7) is 6.44. The van der Waals surface area contributed by atoms with Gasteiger partial charge < -0.3 is 14.2 Å². The van der Waals surface area contributed by atoms with Gasteiger partial charge in [0.1, 0.15) is 13.2 Å². The first-order valence-corrected chi connectivity index (χ1v) is 28.3. The summed E-state index contributed by atoms with van der Waals surface area (Å²) in [5, 5.41) is 0. The summed E-state index contributed by atoms with van der Waals surface area (Å²) >= 11 is 0. The van der Waals surface area contributed by atoms with Crippen molar-refractivity contribution in [1.82, 2.24) is 0 Å². The van der Waals surface area contributed by atoms with Crippen LogP contribution in [-0.4, -0.2) is 37.2 Å². The average molecular weight is 946 g/mol. The zero-order valence-electron chi connectivity index (χ0n) is 44.3. The fourth-order valence-corrected chi connectivity index (χ4v) is 7.65. The van der Waals surface area contributed by atoms with Crippen LogP contribution >= 0.6 is 0 Å². The van der Waals surface area contributed by atoms with E-state index < -0.39 is 6.10 Å². The Bertz CT molecular complexity index is 1360. The Morgan fingerprint density at radius 1 is 0.324 bits per heavy atom. The van der Waals surface area contributed by atoms with Crippen LogP contribution in [0, 0.1) is 0 Å². The third-order valence-corrected chi connectivity index (χ3v) is 11.9. The van der Waals surface area contributed by atoms with E-state index in [0.29, 0.717) is 19.3 Å². The van der Waals surface area contributed by atoms with Gasteiger partial charge in [0.15, 0.2) is 6.10 Å². The average Bonchev–Trinajstić information content (AvgIpc) is 3.34. The van der Waals surface area contributed by atoms with E-state index in [9.17, 15) is 14.4 Å². The molecule has 68 heavy (non-hydrogen) atoms. The van der Waals surface area contributed by atoms with Gasteiger partial charge in [0.25, 0.3) is 0 Å². The molecule has 0 radical (unpaired) electrons. The number of hydrogen-bond acceptors (Lipinski definition) is 6. The fraction of sp³-hybridized carbons (Fsp3) is 0.694. The third kappa shape index (κ3) is 53.3. The van der Waals surface area contributed by atoms with E-state index in [0.717, 1.165) is 116 Å². The lowest BCUT2D eigenvalue weighted by molar-refractivity contribution is -0.167. The van der Waals surface area contributed by atoms with Crippen molar-refractivity contribution in [1.29, 1.82) is 0 Å². The quantitative estimate of drug-likeness (QED) is 0.0199. The molecule has 0 aromatic carbocycles. The van der Waals surface area contributed by atoms with Crippen molar-refractivity contribution in [2.75, 3.05) is 13.2 Å². The first-order valence-electron chi connectivity index (χ1n) is 28.3. The van der Waals surface area contributed by atoms with Gasteiger partial charge in [-0.25, -0.2) is 0 Å². The van der Waals surface area contributed by atoms with Crippen LogP contribution in [0.15, 0.2) is 97.2 Å². The van der Waals surface area contributed by atoms with Crippen LogP contribution in [0.4, 0.5) is 0 Å². The van der Waals surface area contributed by atoms with E-state index in [1.807, 2.05) is 18.2 Å². The Balaban J connectivity index is 4.47. The summed E-state index contributed by atoms with van der Waals surface area (Å²) in [5.41, 5.74) is 0. The van der Waals surface area contributed by atoms with Gasteiger partial charge in [-0.3, -0.25) is 14.4 Å². The second-order valence-corrected chi connectivity index (χ2v) is 18.6. The van der Waals surface area contributed by atoms with Gasteiger partial charge in [-0.15, -0.1) is 0 Å². The minimum atomic E-state index is -0.800. The monoisotopic (exact) mass is 945 g/mol. The highest BCUT2D eigenvalue weighted by atomic mass is 16.6. The van der Waals surface area contributed by atoms with Crippen molar-refractivity contribution >= 4 is 17.9 Å². The number of carbonyl (C=O) groups is 3. The van der Waals surface area contributed by atoms with Gasteiger partial charge in [-0.05, 0) is 96.3 Å². The van der Waals surface area contributed by atoms with Crippen LogP contribution in [-0.2, 0) is 28.6 Å². The van der Waals surface area contributed by atoms with Crippen molar-refractivity contribution in [2.24, 2.45) is 0 Å². The maximum atomic E-state index is 12.9. The number of rotatable bonds is 50. The van der Waals surface area contributed by atoms with Crippen molar-refractivity contribution in [3.05, 3.63) is 97.2 Å². The highest BCUT2D eigenvalue weighted by Gasteiger charge is 2.19. The molecular weight excluding hydrogens is 841 g/mol. The molecule has 0 saturated heterocycles. The fourth-order valence-electron chi connectivity index (χ4n) is 7.65. The Kier molecular flexibility index (Phi) is 52.9. The standard InChI is InChI=1S/C62H104O6/c1-4-7-10-13-16-19-22-25-28-30-32-34-37-40-43-46-49-52-55-61(64)67-58-59(57-66-60(63)54-51-48-45-42-39-36-33-27-24-21-18-15-12-9-6-3)68-62(65)56-53-50-47-44-41-38-35-31-29-26-23-20-17-14-11-8-5-2/h9,12,15,17-18,20-21,24,26-30,32-34,59H,4-8,10-11,13-14,16,19,22-23,25,31,35-58H2,1-3H3/b12-9-,18-15-,20-17-,24-21-,29-26-,30-28-,33-27-,34-32-. The maximum Gasteiger partial charge on any atom is 0.306 e. The summed E-state index contributed by atoms with van der Waals surface area (Å²) in [5.74, 6) is -0.940. The van der Waals surface area contributed by atoms with Gasteiger partial charge in [0.2, 0.25) is 0 Å². The SMILES string of the molecule is CC\C=C/C=C\C=C/C=C\CCCCCCCC(=O)OCC(COC(=O)CCCCCCC/C=C\C=C/CCCCCCCCC)OC(=O)CCCCCCCCC/C=C\C/C=C\CCCCC. The molecule has 388 valence electrons. The lowest BCUT2D eigenvalue weighted by Gasteiger charge is -2.18. The second kappa shape index (κ2) is 55.9. The van der Waals surface area contributed by atoms with E-state index >= 15 is 0 Å². The molecule has 1 atom stereocenters. The minimum absolute atomic E-state index is 0.0974. The molecule has 0 fully saturated rings. The molecule has 0 aromatic heterocycles. The summed E-state index contributed by atoms with van der Waals surface area (Å²) in [4.78, 5) is 38.1. The second-order valence-electron chi connectivity index (χ2n) is 18.6. The molecule has 0 saturated carbocycles. The molecular formula is C62H104O6. The molecule has 0 bridgehead atoms. The number of ether oxygens (including phenoxy) is 3. The Morgan fingerprint density at radius 3 is 1.06 bits per heavy atom. The van der Waals surface area contributed by atoms with E-state index in [-0.39, 0.29) is 31.1 Å². The maximum absolute atomic E-state index is 12.9. The van der Waals surface area contributed by atoms with Crippen molar-refractivity contribution in [2.45, 2.75) is 264 Å². The van der Waals surface area contributed by atoms with Crippen LogP contribution < -0.4 is 0 Å². The van der Waals surface area contributed by atoms with E-state index in [4.69, 9.17) is 14.2 Å². The molecule has 0 heterocycles. The van der Waals surface area contributed by atoms with Crippen molar-refractivity contribution < 1.29 is 28.6 Å². The number of esters is 3. The smallest absolute Gasteiger partial charge is 0.306 e. The molecule has 1 unspecified atom stereocenters. The molecule has 6 heteroatoms. The molecule has 0 aromatic rings. The minimum Gasteiger partial charge on any atom is -0.462 e. The lowest BCUT2D eigenvalue weighted by Crippen LogP contribution is -2.30. The van der Waals surface area contributed by atoms with Crippen LogP contribution in [0.2, 0.25) is 0 Å². The van der Waals surface area contributed by atoms with Gasteiger partial charge in [-0.1, -0.05) is 240 Å². The van der Waals surface area contributed by atoms with Crippen LogP contribution in [0.5, 0.6) is 0 Å². The van der Waals surface area contributed by atoms with Gasteiger partial charge in [0.05, 0.1) is 0 Å². The summed E-state index contributed by atoms with van der Waals surface area (Å²) in [6, 6.07) is 0. The van der Waals surface area contributed by atoms with Crippen molar-refractivity contribution in [3.8, 4) is 0 Å². The Morgan fingerprint density at radius 2 is 0.632 bits per heavy atom. The topological polar surface area (TPSA) is 78.9 Å². The number of unbranched alkanes of at least 4 members (excludes halogenated alkanes) is 27. The molecule has 0 amide bonds. The first-order chi connectivity index (χ1) is 33.5. The van der Waals surface area contributed by atoms with Gasteiger partial charge in [0, 0.05) is 19.3 Å². The number of allylic oxidation sites excluding steroid dienone is 16. The molecule has 6 nitrogen and oxygen atoms in total. The normalized spacial score (nSPS) is 12.8. The molecule has 0 aliphatic rings. The predicted molar refractivity (Wildman–Crippen MR) is 293 cm³/mol. The van der Waals surface area contributed by atoms with E-state index in [1.165, 1.54) is 103 Å². The Labute approximate surface area is 419 Å². The summed E-state index contributed by atoms with van der Waals surface area (Å²) in [6.07, 6.45) is 73.9. The largest absolute Gasteiger partial charge is 0.462 e. The van der Waals surface area contributed by atoms with Crippen LogP contribution in [0.3, 0.4) is 0 Å². The lowest BCUT2D eigenvalue weighted by atomic mass is 10.1.